The highest BCUT2D eigenvalue weighted by atomic mass is 35.5. The van der Waals surface area contributed by atoms with Crippen LogP contribution in [-0.2, 0) is 0 Å². The van der Waals surface area contributed by atoms with E-state index in [1.807, 2.05) is 30.3 Å². The molecule has 2 aromatic carbocycles. The molecule has 0 aliphatic heterocycles. The molecule has 0 amide bonds. The van der Waals surface area contributed by atoms with Crippen LogP contribution in [0.3, 0.4) is 0 Å². The maximum Gasteiger partial charge on any atom is 0.189 e. The molecule has 0 spiro atoms. The van der Waals surface area contributed by atoms with Crippen molar-refractivity contribution in [2.75, 3.05) is 10.7 Å². The second-order valence-corrected chi connectivity index (χ2v) is 5.30. The van der Waals surface area contributed by atoms with Gasteiger partial charge in [0.15, 0.2) is 5.11 Å². The van der Waals surface area contributed by atoms with Crippen molar-refractivity contribution in [1.29, 1.82) is 0 Å². The SMILES string of the molecule is Cc1ccc(NC(=S)NNc2ccccc2Cl)cc1C. The normalized spacial score (nSPS) is 9.95. The third-order valence-electron chi connectivity index (χ3n) is 2.95. The van der Waals surface area contributed by atoms with Crippen LogP contribution in [0.1, 0.15) is 11.1 Å². The fourth-order valence-corrected chi connectivity index (χ4v) is 2.02. The zero-order valence-corrected chi connectivity index (χ0v) is 12.9. The third kappa shape index (κ3) is 3.85. The number of halogens is 1. The third-order valence-corrected chi connectivity index (χ3v) is 3.48. The number of hydrogen-bond acceptors (Lipinski definition) is 2. The molecule has 0 atom stereocenters. The molecule has 5 heteroatoms. The quantitative estimate of drug-likeness (QED) is 0.584. The van der Waals surface area contributed by atoms with Crippen LogP contribution in [0.5, 0.6) is 0 Å². The Bertz CT molecular complexity index is 628. The number of rotatable bonds is 3. The summed E-state index contributed by atoms with van der Waals surface area (Å²) in [6, 6.07) is 13.6. The predicted molar refractivity (Wildman–Crippen MR) is 90.3 cm³/mol. The van der Waals surface area contributed by atoms with Crippen LogP contribution in [0.15, 0.2) is 42.5 Å². The highest BCUT2D eigenvalue weighted by Crippen LogP contribution is 2.19. The molecule has 3 nitrogen and oxygen atoms in total. The Morgan fingerprint density at radius 3 is 2.50 bits per heavy atom. The summed E-state index contributed by atoms with van der Waals surface area (Å²) < 4.78 is 0. The minimum atomic E-state index is 0.480. The van der Waals surface area contributed by atoms with Gasteiger partial charge in [0.25, 0.3) is 0 Å². The molecule has 0 unspecified atom stereocenters. The van der Waals surface area contributed by atoms with Gasteiger partial charge >= 0.3 is 0 Å². The van der Waals surface area contributed by atoms with E-state index in [9.17, 15) is 0 Å². The summed E-state index contributed by atoms with van der Waals surface area (Å²) in [6.45, 7) is 4.15. The van der Waals surface area contributed by atoms with Gasteiger partial charge in [0.1, 0.15) is 0 Å². The van der Waals surface area contributed by atoms with E-state index in [0.717, 1.165) is 11.4 Å². The molecule has 0 fully saturated rings. The number of anilines is 2. The monoisotopic (exact) mass is 305 g/mol. The van der Waals surface area contributed by atoms with Crippen molar-refractivity contribution in [3.8, 4) is 0 Å². The highest BCUT2D eigenvalue weighted by molar-refractivity contribution is 7.80. The first-order chi connectivity index (χ1) is 9.56. The van der Waals surface area contributed by atoms with Crippen LogP contribution in [0.25, 0.3) is 0 Å². The number of para-hydroxylation sites is 1. The number of benzene rings is 2. The average molecular weight is 306 g/mol. The van der Waals surface area contributed by atoms with Gasteiger partial charge in [-0.3, -0.25) is 10.9 Å². The second-order valence-electron chi connectivity index (χ2n) is 4.48. The molecule has 0 aliphatic carbocycles. The maximum absolute atomic E-state index is 6.04. The largest absolute Gasteiger partial charge is 0.331 e. The second kappa shape index (κ2) is 6.59. The van der Waals surface area contributed by atoms with Crippen molar-refractivity contribution in [3.05, 3.63) is 58.6 Å². The standard InChI is InChI=1S/C15H16ClN3S/c1-10-7-8-12(9-11(10)2)17-15(20)19-18-14-6-4-3-5-13(14)16/h3-9,18H,1-2H3,(H2,17,19,20). The van der Waals surface area contributed by atoms with Gasteiger partial charge in [-0.25, -0.2) is 0 Å². The van der Waals surface area contributed by atoms with Crippen molar-refractivity contribution in [3.63, 3.8) is 0 Å². The summed E-state index contributed by atoms with van der Waals surface area (Å²) in [7, 11) is 0. The first kappa shape index (κ1) is 14.6. The van der Waals surface area contributed by atoms with Gasteiger partial charge in [0, 0.05) is 5.69 Å². The van der Waals surface area contributed by atoms with Crippen LogP contribution in [0.4, 0.5) is 11.4 Å². The number of thiocarbonyl (C=S) groups is 1. The Kier molecular flexibility index (Phi) is 4.82. The molecular formula is C15H16ClN3S. The Morgan fingerprint density at radius 1 is 1.05 bits per heavy atom. The summed E-state index contributed by atoms with van der Waals surface area (Å²) in [5.41, 5.74) is 10.1. The van der Waals surface area contributed by atoms with Gasteiger partial charge in [-0.2, -0.15) is 0 Å². The highest BCUT2D eigenvalue weighted by Gasteiger charge is 2.01. The lowest BCUT2D eigenvalue weighted by Gasteiger charge is -2.14. The molecule has 0 saturated carbocycles. The first-order valence-corrected chi connectivity index (χ1v) is 6.99. The van der Waals surface area contributed by atoms with Crippen LogP contribution in [-0.4, -0.2) is 5.11 Å². The van der Waals surface area contributed by atoms with Gasteiger partial charge in [-0.15, -0.1) is 0 Å². The number of hydrazine groups is 1. The van der Waals surface area contributed by atoms with E-state index in [1.54, 1.807) is 0 Å². The fourth-order valence-electron chi connectivity index (χ4n) is 1.67. The molecule has 0 saturated heterocycles. The molecular weight excluding hydrogens is 290 g/mol. The van der Waals surface area contributed by atoms with E-state index in [1.165, 1.54) is 11.1 Å². The maximum atomic E-state index is 6.04. The molecule has 0 aliphatic rings. The zero-order valence-electron chi connectivity index (χ0n) is 11.3. The minimum Gasteiger partial charge on any atom is -0.331 e. The minimum absolute atomic E-state index is 0.480. The molecule has 0 aromatic heterocycles. The van der Waals surface area contributed by atoms with Gasteiger partial charge < -0.3 is 5.32 Å². The van der Waals surface area contributed by atoms with Crippen LogP contribution in [0.2, 0.25) is 5.02 Å². The number of hydrogen-bond donors (Lipinski definition) is 3. The molecule has 104 valence electrons. The van der Waals surface area contributed by atoms with Gasteiger partial charge in [-0.05, 0) is 61.5 Å². The van der Waals surface area contributed by atoms with Crippen molar-refractivity contribution in [1.82, 2.24) is 5.43 Å². The summed E-state index contributed by atoms with van der Waals surface area (Å²) in [5, 5.41) is 4.23. The summed E-state index contributed by atoms with van der Waals surface area (Å²) >= 11 is 11.3. The lowest BCUT2D eigenvalue weighted by molar-refractivity contribution is 1.14. The fraction of sp³-hybridized carbons (Fsp3) is 0.133. The van der Waals surface area contributed by atoms with Crippen LogP contribution in [0, 0.1) is 13.8 Å². The molecule has 20 heavy (non-hydrogen) atoms. The van der Waals surface area contributed by atoms with E-state index in [0.29, 0.717) is 10.1 Å². The van der Waals surface area contributed by atoms with Crippen LogP contribution < -0.4 is 16.2 Å². The van der Waals surface area contributed by atoms with E-state index < -0.39 is 0 Å². The molecule has 0 radical (unpaired) electrons. The van der Waals surface area contributed by atoms with Crippen LogP contribution >= 0.6 is 23.8 Å². The van der Waals surface area contributed by atoms with E-state index >= 15 is 0 Å². The summed E-state index contributed by atoms with van der Waals surface area (Å²) in [6.07, 6.45) is 0. The van der Waals surface area contributed by atoms with Crippen molar-refractivity contribution >= 4 is 40.3 Å². The van der Waals surface area contributed by atoms with E-state index in [4.69, 9.17) is 23.8 Å². The topological polar surface area (TPSA) is 36.1 Å². The Morgan fingerprint density at radius 2 is 1.80 bits per heavy atom. The Hall–Kier alpha value is -1.78. The van der Waals surface area contributed by atoms with Crippen molar-refractivity contribution in [2.45, 2.75) is 13.8 Å². The summed E-state index contributed by atoms with van der Waals surface area (Å²) in [5.74, 6) is 0. The molecule has 3 N–H and O–H groups in total. The average Bonchev–Trinajstić information content (AvgIpc) is 2.42. The number of nitrogens with one attached hydrogen (secondary N) is 3. The van der Waals surface area contributed by atoms with Gasteiger partial charge in [0.05, 0.1) is 10.7 Å². The van der Waals surface area contributed by atoms with Crippen molar-refractivity contribution in [2.24, 2.45) is 0 Å². The van der Waals surface area contributed by atoms with Gasteiger partial charge in [0.2, 0.25) is 0 Å². The molecule has 2 rings (SSSR count). The summed E-state index contributed by atoms with van der Waals surface area (Å²) in [4.78, 5) is 0. The molecule has 2 aromatic rings. The smallest absolute Gasteiger partial charge is 0.189 e. The Balaban J connectivity index is 1.93. The first-order valence-electron chi connectivity index (χ1n) is 6.21. The molecule has 0 heterocycles. The number of aryl methyl sites for hydroxylation is 2. The lowest BCUT2D eigenvalue weighted by atomic mass is 10.1. The van der Waals surface area contributed by atoms with Crippen molar-refractivity contribution < 1.29 is 0 Å². The molecule has 0 bridgehead atoms. The predicted octanol–water partition coefficient (Wildman–Crippen LogP) is 4.27. The van der Waals surface area contributed by atoms with E-state index in [-0.39, 0.29) is 0 Å². The van der Waals surface area contributed by atoms with E-state index in [2.05, 4.69) is 42.1 Å². The lowest BCUT2D eigenvalue weighted by Crippen LogP contribution is -2.33. The zero-order chi connectivity index (χ0) is 14.5. The van der Waals surface area contributed by atoms with Gasteiger partial charge in [-0.1, -0.05) is 29.8 Å². The Labute approximate surface area is 129 Å².